The van der Waals surface area contributed by atoms with Crippen LogP contribution >= 0.6 is 0 Å². The van der Waals surface area contributed by atoms with E-state index in [0.29, 0.717) is 23.8 Å². The highest BCUT2D eigenvalue weighted by molar-refractivity contribution is 5.95. The lowest BCUT2D eigenvalue weighted by Crippen LogP contribution is -2.51. The molecule has 1 amide bonds. The number of Topliss-reactive ketones (excluding diaryl/α,β-unsaturated/α-hetero) is 1. The summed E-state index contributed by atoms with van der Waals surface area (Å²) in [5, 5.41) is 0. The number of hydrogen-bond acceptors (Lipinski definition) is 4. The topological polar surface area (TPSA) is 49.9 Å². The van der Waals surface area contributed by atoms with Crippen molar-refractivity contribution in [3.8, 4) is 5.75 Å². The molecule has 23 heavy (non-hydrogen) atoms. The van der Waals surface area contributed by atoms with Gasteiger partial charge in [0.05, 0.1) is 0 Å². The van der Waals surface area contributed by atoms with E-state index in [1.165, 1.54) is 0 Å². The molecule has 126 valence electrons. The Hall–Kier alpha value is -1.88. The minimum absolute atomic E-state index is 0.0158. The predicted molar refractivity (Wildman–Crippen MR) is 89.8 cm³/mol. The van der Waals surface area contributed by atoms with Crippen molar-refractivity contribution in [1.82, 2.24) is 9.80 Å². The first-order valence-electron chi connectivity index (χ1n) is 8.29. The van der Waals surface area contributed by atoms with Crippen LogP contribution in [0.15, 0.2) is 24.3 Å². The number of ketones is 1. The van der Waals surface area contributed by atoms with Gasteiger partial charge in [-0.25, -0.2) is 0 Å². The van der Waals surface area contributed by atoms with E-state index in [-0.39, 0.29) is 18.3 Å². The highest BCUT2D eigenvalue weighted by Crippen LogP contribution is 2.14. The Morgan fingerprint density at radius 2 is 1.70 bits per heavy atom. The van der Waals surface area contributed by atoms with Gasteiger partial charge < -0.3 is 9.64 Å². The highest BCUT2D eigenvalue weighted by Gasteiger charge is 2.22. The Kier molecular flexibility index (Phi) is 6.16. The molecule has 0 spiro atoms. The van der Waals surface area contributed by atoms with Crippen molar-refractivity contribution in [2.45, 2.75) is 33.2 Å². The van der Waals surface area contributed by atoms with Crippen LogP contribution in [-0.2, 0) is 4.79 Å². The van der Waals surface area contributed by atoms with Gasteiger partial charge in [0.1, 0.15) is 5.75 Å². The standard InChI is InChI=1S/C18H26N2O3/c1-4-17(21)15-5-7-16(8-6-15)23-13-18(22)20-11-9-19(10-12-20)14(2)3/h5-8,14H,4,9-13H2,1-3H3. The van der Waals surface area contributed by atoms with Gasteiger partial charge in [0.15, 0.2) is 12.4 Å². The zero-order valence-corrected chi connectivity index (χ0v) is 14.2. The summed E-state index contributed by atoms with van der Waals surface area (Å²) in [6, 6.07) is 7.49. The van der Waals surface area contributed by atoms with Crippen LogP contribution in [-0.4, -0.2) is 60.3 Å². The van der Waals surface area contributed by atoms with Crippen LogP contribution in [0.2, 0.25) is 0 Å². The number of rotatable bonds is 6. The van der Waals surface area contributed by atoms with Gasteiger partial charge in [0, 0.05) is 44.2 Å². The van der Waals surface area contributed by atoms with E-state index in [0.717, 1.165) is 26.2 Å². The summed E-state index contributed by atoms with van der Waals surface area (Å²) in [5.74, 6) is 0.740. The molecule has 1 aliphatic heterocycles. The lowest BCUT2D eigenvalue weighted by molar-refractivity contribution is -0.135. The average Bonchev–Trinajstić information content (AvgIpc) is 2.59. The first-order chi connectivity index (χ1) is 11.0. The molecule has 0 N–H and O–H groups in total. The van der Waals surface area contributed by atoms with E-state index >= 15 is 0 Å². The minimum Gasteiger partial charge on any atom is -0.484 e. The predicted octanol–water partition coefficient (Wildman–Crippen LogP) is 2.21. The molecule has 0 unspecified atom stereocenters. The number of piperazine rings is 1. The molecule has 2 rings (SSSR count). The Labute approximate surface area is 138 Å². The summed E-state index contributed by atoms with van der Waals surface area (Å²) < 4.78 is 5.55. The molecule has 0 atom stereocenters. The molecule has 1 fully saturated rings. The zero-order chi connectivity index (χ0) is 16.8. The van der Waals surface area contributed by atoms with Gasteiger partial charge in [-0.3, -0.25) is 14.5 Å². The largest absolute Gasteiger partial charge is 0.484 e. The van der Waals surface area contributed by atoms with Crippen molar-refractivity contribution in [2.75, 3.05) is 32.8 Å². The number of amides is 1. The van der Waals surface area contributed by atoms with Crippen molar-refractivity contribution in [3.63, 3.8) is 0 Å². The Morgan fingerprint density at radius 3 is 2.22 bits per heavy atom. The highest BCUT2D eigenvalue weighted by atomic mass is 16.5. The smallest absolute Gasteiger partial charge is 0.260 e. The number of carbonyl (C=O) groups is 2. The third kappa shape index (κ3) is 4.79. The molecule has 1 aromatic carbocycles. The fourth-order valence-electron chi connectivity index (χ4n) is 2.67. The van der Waals surface area contributed by atoms with E-state index in [1.807, 2.05) is 11.8 Å². The van der Waals surface area contributed by atoms with Crippen molar-refractivity contribution in [2.24, 2.45) is 0 Å². The van der Waals surface area contributed by atoms with Gasteiger partial charge in [-0.05, 0) is 38.1 Å². The number of nitrogens with zero attached hydrogens (tertiary/aromatic N) is 2. The Bertz CT molecular complexity index is 532. The first kappa shape index (κ1) is 17.5. The molecule has 1 aromatic rings. The monoisotopic (exact) mass is 318 g/mol. The molecule has 1 heterocycles. The molecule has 0 bridgehead atoms. The first-order valence-corrected chi connectivity index (χ1v) is 8.29. The van der Waals surface area contributed by atoms with Crippen LogP contribution in [0.1, 0.15) is 37.6 Å². The molecular weight excluding hydrogens is 292 g/mol. The lowest BCUT2D eigenvalue weighted by atomic mass is 10.1. The van der Waals surface area contributed by atoms with E-state index in [1.54, 1.807) is 24.3 Å². The average molecular weight is 318 g/mol. The van der Waals surface area contributed by atoms with Crippen LogP contribution in [0.4, 0.5) is 0 Å². The van der Waals surface area contributed by atoms with Crippen LogP contribution < -0.4 is 4.74 Å². The van der Waals surface area contributed by atoms with Crippen molar-refractivity contribution >= 4 is 11.7 Å². The molecule has 1 aliphatic rings. The van der Waals surface area contributed by atoms with E-state index in [2.05, 4.69) is 18.7 Å². The fraction of sp³-hybridized carbons (Fsp3) is 0.556. The molecule has 0 aromatic heterocycles. The molecule has 1 saturated heterocycles. The van der Waals surface area contributed by atoms with Gasteiger partial charge in [0.2, 0.25) is 0 Å². The zero-order valence-electron chi connectivity index (χ0n) is 14.2. The van der Waals surface area contributed by atoms with Gasteiger partial charge in [-0.2, -0.15) is 0 Å². The molecule has 5 nitrogen and oxygen atoms in total. The van der Waals surface area contributed by atoms with Gasteiger partial charge in [-0.15, -0.1) is 0 Å². The fourth-order valence-corrected chi connectivity index (χ4v) is 2.67. The summed E-state index contributed by atoms with van der Waals surface area (Å²) in [5.41, 5.74) is 0.677. The second kappa shape index (κ2) is 8.11. The third-order valence-corrected chi connectivity index (χ3v) is 4.26. The van der Waals surface area contributed by atoms with Crippen LogP contribution in [0, 0.1) is 0 Å². The molecular formula is C18H26N2O3. The minimum atomic E-state index is 0.0158. The number of benzene rings is 1. The molecule has 0 radical (unpaired) electrons. The maximum atomic E-state index is 12.2. The van der Waals surface area contributed by atoms with E-state index < -0.39 is 0 Å². The summed E-state index contributed by atoms with van der Waals surface area (Å²) in [7, 11) is 0. The molecule has 0 saturated carbocycles. The molecule has 5 heteroatoms. The maximum absolute atomic E-state index is 12.2. The van der Waals surface area contributed by atoms with Crippen LogP contribution in [0.5, 0.6) is 5.75 Å². The summed E-state index contributed by atoms with van der Waals surface area (Å²) in [6.07, 6.45) is 0.487. The maximum Gasteiger partial charge on any atom is 0.260 e. The van der Waals surface area contributed by atoms with Crippen molar-refractivity contribution in [1.29, 1.82) is 0 Å². The SMILES string of the molecule is CCC(=O)c1ccc(OCC(=O)N2CCN(C(C)C)CC2)cc1. The second-order valence-electron chi connectivity index (χ2n) is 6.10. The van der Waals surface area contributed by atoms with Crippen molar-refractivity contribution < 1.29 is 14.3 Å². The van der Waals surface area contributed by atoms with Gasteiger partial charge in [0.25, 0.3) is 5.91 Å². The van der Waals surface area contributed by atoms with Gasteiger partial charge >= 0.3 is 0 Å². The van der Waals surface area contributed by atoms with E-state index in [9.17, 15) is 9.59 Å². The van der Waals surface area contributed by atoms with E-state index in [4.69, 9.17) is 4.74 Å². The summed E-state index contributed by atoms with van der Waals surface area (Å²) >= 11 is 0. The van der Waals surface area contributed by atoms with Gasteiger partial charge in [-0.1, -0.05) is 6.92 Å². The van der Waals surface area contributed by atoms with Crippen molar-refractivity contribution in [3.05, 3.63) is 29.8 Å². The number of ether oxygens (including phenoxy) is 1. The van der Waals surface area contributed by atoms with Crippen LogP contribution in [0.25, 0.3) is 0 Å². The molecule has 0 aliphatic carbocycles. The Balaban J connectivity index is 1.79. The summed E-state index contributed by atoms with van der Waals surface area (Å²) in [4.78, 5) is 28.0. The third-order valence-electron chi connectivity index (χ3n) is 4.26. The Morgan fingerprint density at radius 1 is 1.09 bits per heavy atom. The number of carbonyl (C=O) groups excluding carboxylic acids is 2. The number of hydrogen-bond donors (Lipinski definition) is 0. The quantitative estimate of drug-likeness (QED) is 0.755. The van der Waals surface area contributed by atoms with Crippen LogP contribution in [0.3, 0.4) is 0 Å². The second-order valence-corrected chi connectivity index (χ2v) is 6.10. The summed E-state index contributed by atoms with van der Waals surface area (Å²) in [6.45, 7) is 9.57. The lowest BCUT2D eigenvalue weighted by Gasteiger charge is -2.36. The normalized spacial score (nSPS) is 15.7.